The highest BCUT2D eigenvalue weighted by Crippen LogP contribution is 2.37. The van der Waals surface area contributed by atoms with E-state index in [0.717, 1.165) is 37.9 Å². The molecule has 0 saturated carbocycles. The molecule has 6 heteroatoms. The molecule has 1 spiro atoms. The molecule has 2 fully saturated rings. The molecule has 132 valence electrons. The van der Waals surface area contributed by atoms with E-state index in [-0.39, 0.29) is 24.2 Å². The number of hydrogen-bond donors (Lipinski definition) is 0. The Kier molecular flexibility index (Phi) is 5.81. The van der Waals surface area contributed by atoms with Gasteiger partial charge in [-0.15, -0.1) is 0 Å². The number of aromatic nitrogens is 1. The van der Waals surface area contributed by atoms with Crippen LogP contribution in [0.5, 0.6) is 0 Å². The summed E-state index contributed by atoms with van der Waals surface area (Å²) in [6.45, 7) is 5.36. The van der Waals surface area contributed by atoms with E-state index < -0.39 is 0 Å². The molecule has 0 aliphatic carbocycles. The molecule has 1 aromatic rings. The second-order valence-corrected chi connectivity index (χ2v) is 6.50. The van der Waals surface area contributed by atoms with Gasteiger partial charge in [-0.2, -0.15) is 0 Å². The van der Waals surface area contributed by atoms with Crippen LogP contribution >= 0.6 is 0 Å². The van der Waals surface area contributed by atoms with E-state index in [2.05, 4.69) is 4.98 Å². The lowest BCUT2D eigenvalue weighted by molar-refractivity contribution is -0.140. The number of piperidine rings is 1. The normalized spacial score (nSPS) is 22.9. The van der Waals surface area contributed by atoms with Gasteiger partial charge in [0.25, 0.3) is 0 Å². The van der Waals surface area contributed by atoms with Crippen LogP contribution in [0.25, 0.3) is 0 Å². The molecule has 0 radical (unpaired) electrons. The molecule has 1 aromatic heterocycles. The van der Waals surface area contributed by atoms with Crippen molar-refractivity contribution >= 4 is 5.91 Å². The van der Waals surface area contributed by atoms with Gasteiger partial charge in [-0.05, 0) is 37.5 Å². The molecule has 0 N–H and O–H groups in total. The Labute approximate surface area is 143 Å². The van der Waals surface area contributed by atoms with Crippen LogP contribution in [0.3, 0.4) is 0 Å². The minimum atomic E-state index is -0.120. The molecule has 1 amide bonds. The first kappa shape index (κ1) is 17.3. The Bertz CT molecular complexity index is 529. The van der Waals surface area contributed by atoms with Gasteiger partial charge in [-0.25, -0.2) is 0 Å². The second-order valence-electron chi connectivity index (χ2n) is 6.50. The molecule has 1 atom stereocenters. The van der Waals surface area contributed by atoms with Gasteiger partial charge in [0.2, 0.25) is 5.91 Å². The molecule has 2 aliphatic rings. The first-order chi connectivity index (χ1) is 11.7. The number of carbonyl (C=O) groups is 1. The van der Waals surface area contributed by atoms with Crippen molar-refractivity contribution in [2.75, 3.05) is 32.9 Å². The van der Waals surface area contributed by atoms with Crippen LogP contribution in [-0.2, 0) is 25.6 Å². The standard InChI is InChI=1S/C18H26N2O4/c1-2-22-14-17(21)20-9-5-18(6-10-20)11-16(13-24-18)23-12-15-3-7-19-8-4-15/h3-4,7-8,16H,2,5-6,9-14H2,1H3/t16-/m1/s1. The summed E-state index contributed by atoms with van der Waals surface area (Å²) < 4.78 is 17.3. The average molecular weight is 334 g/mol. The van der Waals surface area contributed by atoms with Crippen molar-refractivity contribution < 1.29 is 19.0 Å². The maximum atomic E-state index is 12.0. The van der Waals surface area contributed by atoms with E-state index in [9.17, 15) is 4.79 Å². The van der Waals surface area contributed by atoms with Gasteiger partial charge in [-0.1, -0.05) is 0 Å². The Morgan fingerprint density at radius 3 is 2.83 bits per heavy atom. The average Bonchev–Trinajstić information content (AvgIpc) is 3.02. The topological polar surface area (TPSA) is 60.9 Å². The molecule has 6 nitrogen and oxygen atoms in total. The highest BCUT2D eigenvalue weighted by molar-refractivity contribution is 5.77. The number of pyridine rings is 1. The zero-order chi connectivity index (χ0) is 16.8. The fourth-order valence-electron chi connectivity index (χ4n) is 3.40. The van der Waals surface area contributed by atoms with Crippen molar-refractivity contribution in [2.45, 2.75) is 44.5 Å². The monoisotopic (exact) mass is 334 g/mol. The number of ether oxygens (including phenoxy) is 3. The van der Waals surface area contributed by atoms with Crippen LogP contribution < -0.4 is 0 Å². The zero-order valence-corrected chi connectivity index (χ0v) is 14.3. The van der Waals surface area contributed by atoms with Crippen molar-refractivity contribution in [2.24, 2.45) is 0 Å². The quantitative estimate of drug-likeness (QED) is 0.794. The molecule has 0 unspecified atom stereocenters. The summed E-state index contributed by atoms with van der Waals surface area (Å²) in [6.07, 6.45) is 6.34. The lowest BCUT2D eigenvalue weighted by Crippen LogP contribution is -2.47. The van der Waals surface area contributed by atoms with Gasteiger partial charge in [0, 0.05) is 38.5 Å². The van der Waals surface area contributed by atoms with Crippen LogP contribution in [0.1, 0.15) is 31.7 Å². The maximum absolute atomic E-state index is 12.0. The van der Waals surface area contributed by atoms with Gasteiger partial charge < -0.3 is 19.1 Å². The highest BCUT2D eigenvalue weighted by atomic mass is 16.6. The van der Waals surface area contributed by atoms with Gasteiger partial charge in [-0.3, -0.25) is 9.78 Å². The number of carbonyl (C=O) groups excluding carboxylic acids is 1. The first-order valence-corrected chi connectivity index (χ1v) is 8.71. The molecular formula is C18H26N2O4. The fourth-order valence-corrected chi connectivity index (χ4v) is 3.40. The number of hydrogen-bond acceptors (Lipinski definition) is 5. The summed E-state index contributed by atoms with van der Waals surface area (Å²) in [7, 11) is 0. The second kappa shape index (κ2) is 8.05. The summed E-state index contributed by atoms with van der Waals surface area (Å²) >= 11 is 0. The third kappa shape index (κ3) is 4.32. The lowest BCUT2D eigenvalue weighted by Gasteiger charge is -2.38. The smallest absolute Gasteiger partial charge is 0.248 e. The molecule has 3 heterocycles. The van der Waals surface area contributed by atoms with Gasteiger partial charge >= 0.3 is 0 Å². The van der Waals surface area contributed by atoms with Crippen LogP contribution in [0.2, 0.25) is 0 Å². The van der Waals surface area contributed by atoms with Crippen molar-refractivity contribution in [3.05, 3.63) is 30.1 Å². The van der Waals surface area contributed by atoms with Crippen molar-refractivity contribution in [1.82, 2.24) is 9.88 Å². The third-order valence-electron chi connectivity index (χ3n) is 4.87. The summed E-state index contributed by atoms with van der Waals surface area (Å²) in [5.41, 5.74) is 1.01. The van der Waals surface area contributed by atoms with E-state index in [4.69, 9.17) is 14.2 Å². The van der Waals surface area contributed by atoms with Crippen LogP contribution in [-0.4, -0.2) is 60.4 Å². The first-order valence-electron chi connectivity index (χ1n) is 8.71. The van der Waals surface area contributed by atoms with E-state index >= 15 is 0 Å². The van der Waals surface area contributed by atoms with Crippen LogP contribution in [0.4, 0.5) is 0 Å². The van der Waals surface area contributed by atoms with Crippen molar-refractivity contribution in [3.8, 4) is 0 Å². The van der Waals surface area contributed by atoms with Gasteiger partial charge in [0.1, 0.15) is 6.61 Å². The van der Waals surface area contributed by atoms with E-state index in [0.29, 0.717) is 19.8 Å². The number of rotatable bonds is 6. The number of amides is 1. The molecule has 0 bridgehead atoms. The Morgan fingerprint density at radius 2 is 2.12 bits per heavy atom. The number of likely N-dealkylation sites (tertiary alicyclic amines) is 1. The Morgan fingerprint density at radius 1 is 1.38 bits per heavy atom. The van der Waals surface area contributed by atoms with Crippen molar-refractivity contribution in [3.63, 3.8) is 0 Å². The molecular weight excluding hydrogens is 308 g/mol. The minimum absolute atomic E-state index is 0.0789. The highest BCUT2D eigenvalue weighted by Gasteiger charge is 2.43. The molecule has 2 aliphatic heterocycles. The van der Waals surface area contributed by atoms with Crippen LogP contribution in [0.15, 0.2) is 24.5 Å². The van der Waals surface area contributed by atoms with E-state index in [1.165, 1.54) is 0 Å². The predicted octanol–water partition coefficient (Wildman–Crippen LogP) is 1.78. The summed E-state index contributed by atoms with van der Waals surface area (Å²) in [5, 5.41) is 0. The molecule has 24 heavy (non-hydrogen) atoms. The van der Waals surface area contributed by atoms with E-state index in [1.807, 2.05) is 24.0 Å². The van der Waals surface area contributed by atoms with Gasteiger partial charge in [0.05, 0.1) is 24.9 Å². The predicted molar refractivity (Wildman–Crippen MR) is 88.4 cm³/mol. The SMILES string of the molecule is CCOCC(=O)N1CCC2(CC1)C[C@@H](OCc1ccncc1)CO2. The zero-order valence-electron chi connectivity index (χ0n) is 14.3. The molecule has 0 aromatic carbocycles. The number of nitrogens with zero attached hydrogens (tertiary/aromatic N) is 2. The van der Waals surface area contributed by atoms with Gasteiger partial charge in [0.15, 0.2) is 0 Å². The summed E-state index contributed by atoms with van der Waals surface area (Å²) in [6, 6.07) is 3.93. The fraction of sp³-hybridized carbons (Fsp3) is 0.667. The Hall–Kier alpha value is -1.50. The lowest BCUT2D eigenvalue weighted by atomic mass is 9.88. The minimum Gasteiger partial charge on any atom is -0.372 e. The van der Waals surface area contributed by atoms with E-state index in [1.54, 1.807) is 12.4 Å². The largest absolute Gasteiger partial charge is 0.372 e. The third-order valence-corrected chi connectivity index (χ3v) is 4.87. The summed E-state index contributed by atoms with van der Waals surface area (Å²) in [4.78, 5) is 17.9. The summed E-state index contributed by atoms with van der Waals surface area (Å²) in [5.74, 6) is 0.0789. The van der Waals surface area contributed by atoms with Crippen molar-refractivity contribution in [1.29, 1.82) is 0 Å². The Balaban J connectivity index is 1.43. The maximum Gasteiger partial charge on any atom is 0.248 e. The molecule has 2 saturated heterocycles. The molecule has 3 rings (SSSR count). The van der Waals surface area contributed by atoms with Crippen LogP contribution in [0, 0.1) is 0 Å².